The molecule has 2 aliphatic rings. The lowest BCUT2D eigenvalue weighted by Crippen LogP contribution is -2.44. The van der Waals surface area contributed by atoms with Crippen LogP contribution in [0.4, 0.5) is 11.4 Å². The summed E-state index contributed by atoms with van der Waals surface area (Å²) in [4.78, 5) is 7.48. The molecule has 0 atom stereocenters. The van der Waals surface area contributed by atoms with Crippen molar-refractivity contribution < 1.29 is 4.74 Å². The van der Waals surface area contributed by atoms with E-state index in [1.54, 1.807) is 0 Å². The lowest BCUT2D eigenvalue weighted by molar-refractivity contribution is 0.152. The van der Waals surface area contributed by atoms with Crippen LogP contribution in [-0.2, 0) is 0 Å². The number of nitrogens with zero attached hydrogens (tertiary/aromatic N) is 3. The molecule has 0 saturated carbocycles. The van der Waals surface area contributed by atoms with Gasteiger partial charge in [-0.15, -0.1) is 0 Å². The number of ether oxygens (including phenoxy) is 1. The number of nitrogen functional groups attached to an aromatic ring is 1. The van der Waals surface area contributed by atoms with Gasteiger partial charge in [-0.1, -0.05) is 12.8 Å². The van der Waals surface area contributed by atoms with Gasteiger partial charge in [-0.2, -0.15) is 0 Å². The quantitative estimate of drug-likeness (QED) is 0.613. The number of anilines is 2. The molecule has 1 aromatic carbocycles. The first kappa shape index (κ1) is 17.4. The number of fused-ring (bicyclic) bond motifs is 1. The summed E-state index contributed by atoms with van der Waals surface area (Å²) in [6.45, 7) is 9.07. The molecule has 2 N–H and O–H groups in total. The van der Waals surface area contributed by atoms with Gasteiger partial charge < -0.3 is 25.2 Å². The van der Waals surface area contributed by atoms with Crippen LogP contribution in [-0.4, -0.2) is 69.3 Å². The molecule has 0 aliphatic carbocycles. The smallest absolute Gasteiger partial charge is 0.144 e. The molecule has 0 amide bonds. The minimum atomic E-state index is 0.764. The highest BCUT2D eigenvalue weighted by Gasteiger charge is 2.17. The fraction of sp³-hybridized carbons (Fsp3) is 0.684. The molecule has 2 aliphatic heterocycles. The Labute approximate surface area is 146 Å². The number of piperazine rings is 1. The predicted octanol–water partition coefficient (Wildman–Crippen LogP) is 2.28. The molecule has 0 spiro atoms. The van der Waals surface area contributed by atoms with Crippen LogP contribution in [0.3, 0.4) is 0 Å². The van der Waals surface area contributed by atoms with Gasteiger partial charge in [0.15, 0.2) is 0 Å². The van der Waals surface area contributed by atoms with E-state index in [4.69, 9.17) is 10.5 Å². The van der Waals surface area contributed by atoms with E-state index in [1.807, 2.05) is 12.1 Å². The van der Waals surface area contributed by atoms with E-state index in [0.717, 1.165) is 31.1 Å². The van der Waals surface area contributed by atoms with Crippen molar-refractivity contribution in [2.24, 2.45) is 0 Å². The van der Waals surface area contributed by atoms with Crippen molar-refractivity contribution in [3.63, 3.8) is 0 Å². The molecule has 5 nitrogen and oxygen atoms in total. The van der Waals surface area contributed by atoms with Crippen LogP contribution in [0.15, 0.2) is 18.2 Å². The van der Waals surface area contributed by atoms with Crippen molar-refractivity contribution in [1.29, 1.82) is 0 Å². The number of unbranched alkanes of at least 4 members (excludes halogenated alkanes) is 3. The Morgan fingerprint density at radius 2 is 1.71 bits per heavy atom. The third-order valence-corrected chi connectivity index (χ3v) is 5.19. The highest BCUT2D eigenvalue weighted by Crippen LogP contribution is 2.33. The van der Waals surface area contributed by atoms with Crippen LogP contribution in [0.2, 0.25) is 0 Å². The number of hydrogen-bond donors (Lipinski definition) is 1. The summed E-state index contributed by atoms with van der Waals surface area (Å²) in [5.41, 5.74) is 7.83. The lowest BCUT2D eigenvalue weighted by atomic mass is 10.1. The van der Waals surface area contributed by atoms with Crippen molar-refractivity contribution >= 4 is 11.4 Å². The van der Waals surface area contributed by atoms with E-state index in [9.17, 15) is 0 Å². The largest absolute Gasteiger partial charge is 0.489 e. The number of hydrogen-bond acceptors (Lipinski definition) is 5. The molecule has 5 heteroatoms. The van der Waals surface area contributed by atoms with Crippen LogP contribution in [0.5, 0.6) is 5.75 Å². The van der Waals surface area contributed by atoms with Crippen molar-refractivity contribution in [2.45, 2.75) is 25.7 Å². The van der Waals surface area contributed by atoms with Gasteiger partial charge in [0, 0.05) is 44.5 Å². The zero-order chi connectivity index (χ0) is 16.8. The van der Waals surface area contributed by atoms with Gasteiger partial charge in [-0.3, -0.25) is 0 Å². The Bertz CT molecular complexity index is 514. The van der Waals surface area contributed by atoms with Crippen molar-refractivity contribution in [1.82, 2.24) is 9.80 Å². The standard InChI is InChI=1S/C19H32N4O/c1-21-10-12-22(13-11-21)8-4-2-3-5-9-23-14-15-24-19-16-17(20)6-7-18(19)23/h6-7,16H,2-5,8-15,20H2,1H3. The predicted molar refractivity (Wildman–Crippen MR) is 101 cm³/mol. The molecule has 1 saturated heterocycles. The summed E-state index contributed by atoms with van der Waals surface area (Å²) in [5.74, 6) is 0.941. The maximum Gasteiger partial charge on any atom is 0.144 e. The van der Waals surface area contributed by atoms with Crippen LogP contribution in [0.25, 0.3) is 0 Å². The number of benzene rings is 1. The zero-order valence-corrected chi connectivity index (χ0v) is 15.0. The zero-order valence-electron chi connectivity index (χ0n) is 15.0. The molecule has 3 rings (SSSR count). The summed E-state index contributed by atoms with van der Waals surface area (Å²) in [6, 6.07) is 6.01. The van der Waals surface area contributed by atoms with Gasteiger partial charge in [0.2, 0.25) is 0 Å². The number of nitrogens with two attached hydrogens (primary N) is 1. The average Bonchev–Trinajstić information content (AvgIpc) is 2.59. The Morgan fingerprint density at radius 3 is 2.50 bits per heavy atom. The second-order valence-corrected chi connectivity index (χ2v) is 7.12. The first-order valence-corrected chi connectivity index (χ1v) is 9.40. The van der Waals surface area contributed by atoms with Gasteiger partial charge in [-0.25, -0.2) is 0 Å². The van der Waals surface area contributed by atoms with Crippen LogP contribution in [0, 0.1) is 0 Å². The maximum atomic E-state index is 5.85. The summed E-state index contributed by atoms with van der Waals surface area (Å²) >= 11 is 0. The number of rotatable bonds is 7. The first-order valence-electron chi connectivity index (χ1n) is 9.40. The highest BCUT2D eigenvalue weighted by atomic mass is 16.5. The molecule has 134 valence electrons. The summed E-state index contributed by atoms with van der Waals surface area (Å²) < 4.78 is 5.72. The van der Waals surface area contributed by atoms with Crippen LogP contribution in [0.1, 0.15) is 25.7 Å². The molecule has 0 bridgehead atoms. The fourth-order valence-electron chi connectivity index (χ4n) is 3.59. The number of likely N-dealkylation sites (N-methyl/N-ethyl adjacent to an activating group) is 1. The van der Waals surface area contributed by atoms with E-state index in [1.165, 1.54) is 64.1 Å². The average molecular weight is 332 g/mol. The topological polar surface area (TPSA) is 45.0 Å². The first-order chi connectivity index (χ1) is 11.7. The summed E-state index contributed by atoms with van der Waals surface area (Å²) in [5, 5.41) is 0. The van der Waals surface area contributed by atoms with Gasteiger partial charge in [0.25, 0.3) is 0 Å². The minimum absolute atomic E-state index is 0.764. The second-order valence-electron chi connectivity index (χ2n) is 7.12. The van der Waals surface area contributed by atoms with Gasteiger partial charge in [0.05, 0.1) is 12.2 Å². The molecule has 2 heterocycles. The normalized spacial score (nSPS) is 19.1. The third kappa shape index (κ3) is 4.77. The minimum Gasteiger partial charge on any atom is -0.489 e. The van der Waals surface area contributed by atoms with Gasteiger partial charge >= 0.3 is 0 Å². The van der Waals surface area contributed by atoms with E-state index in [0.29, 0.717) is 0 Å². The molecular formula is C19H32N4O. The van der Waals surface area contributed by atoms with Crippen molar-refractivity contribution in [3.05, 3.63) is 18.2 Å². The Morgan fingerprint density at radius 1 is 0.958 bits per heavy atom. The van der Waals surface area contributed by atoms with E-state index in [2.05, 4.69) is 27.8 Å². The second kappa shape index (κ2) is 8.58. The van der Waals surface area contributed by atoms with E-state index >= 15 is 0 Å². The molecule has 1 aromatic rings. The third-order valence-electron chi connectivity index (χ3n) is 5.19. The SMILES string of the molecule is CN1CCN(CCCCCCN2CCOc3cc(N)ccc32)CC1. The molecule has 0 aromatic heterocycles. The molecular weight excluding hydrogens is 300 g/mol. The van der Waals surface area contributed by atoms with Crippen molar-refractivity contribution in [2.75, 3.05) is 70.1 Å². The van der Waals surface area contributed by atoms with Gasteiger partial charge in [-0.05, 0) is 38.6 Å². The summed E-state index contributed by atoms with van der Waals surface area (Å²) in [7, 11) is 2.22. The van der Waals surface area contributed by atoms with E-state index in [-0.39, 0.29) is 0 Å². The van der Waals surface area contributed by atoms with Gasteiger partial charge in [0.1, 0.15) is 12.4 Å². The highest BCUT2D eigenvalue weighted by molar-refractivity contribution is 5.64. The Hall–Kier alpha value is -1.46. The fourth-order valence-corrected chi connectivity index (χ4v) is 3.59. The lowest BCUT2D eigenvalue weighted by Gasteiger charge is -2.32. The Kier molecular flexibility index (Phi) is 6.21. The monoisotopic (exact) mass is 332 g/mol. The summed E-state index contributed by atoms with van der Waals surface area (Å²) in [6.07, 6.45) is 5.24. The van der Waals surface area contributed by atoms with Crippen LogP contribution >= 0.6 is 0 Å². The molecule has 24 heavy (non-hydrogen) atoms. The Balaban J connectivity index is 1.32. The maximum absolute atomic E-state index is 5.85. The van der Waals surface area contributed by atoms with E-state index < -0.39 is 0 Å². The molecule has 0 radical (unpaired) electrons. The van der Waals surface area contributed by atoms with Crippen molar-refractivity contribution in [3.8, 4) is 5.75 Å². The molecule has 0 unspecified atom stereocenters. The molecule has 1 fully saturated rings. The van der Waals surface area contributed by atoms with Crippen LogP contribution < -0.4 is 15.4 Å².